The maximum Gasteiger partial charge on any atom is 0.262 e. The minimum atomic E-state index is -3.77. The molecule has 1 saturated heterocycles. The maximum absolute atomic E-state index is 12.7. The molecule has 132 valence electrons. The van der Waals surface area contributed by atoms with Crippen molar-refractivity contribution in [2.24, 2.45) is 5.92 Å². The molecule has 1 aliphatic heterocycles. The first-order chi connectivity index (χ1) is 11.2. The second kappa shape index (κ2) is 5.94. The van der Waals surface area contributed by atoms with Gasteiger partial charge >= 0.3 is 0 Å². The van der Waals surface area contributed by atoms with E-state index in [9.17, 15) is 13.5 Å². The summed E-state index contributed by atoms with van der Waals surface area (Å²) in [6.45, 7) is 6.45. The Morgan fingerprint density at radius 2 is 2.21 bits per heavy atom. The topological polar surface area (TPSA) is 114 Å². The van der Waals surface area contributed by atoms with E-state index in [2.05, 4.69) is 15.1 Å². The molecule has 0 aromatic carbocycles. The van der Waals surface area contributed by atoms with Gasteiger partial charge in [-0.3, -0.25) is 0 Å². The Balaban J connectivity index is 1.80. The van der Waals surface area contributed by atoms with Crippen LogP contribution in [0.5, 0.6) is 0 Å². The van der Waals surface area contributed by atoms with Crippen LogP contribution in [0.3, 0.4) is 0 Å². The number of aromatic nitrogens is 4. The summed E-state index contributed by atoms with van der Waals surface area (Å²) in [6.07, 6.45) is 3.22. The van der Waals surface area contributed by atoms with Crippen LogP contribution in [0.4, 0.5) is 0 Å². The molecule has 0 unspecified atom stereocenters. The third kappa shape index (κ3) is 3.08. The van der Waals surface area contributed by atoms with Crippen molar-refractivity contribution in [1.29, 1.82) is 0 Å². The summed E-state index contributed by atoms with van der Waals surface area (Å²) in [4.78, 5) is 8.03. The molecule has 0 radical (unpaired) electrons. The molecule has 10 heteroatoms. The van der Waals surface area contributed by atoms with Crippen LogP contribution < -0.4 is 0 Å². The Hall–Kier alpha value is -1.78. The summed E-state index contributed by atoms with van der Waals surface area (Å²) in [5, 5.41) is 14.3. The van der Waals surface area contributed by atoms with Crippen molar-refractivity contribution in [2.45, 2.75) is 44.4 Å². The number of hydrogen-bond donors (Lipinski definition) is 1. The second-order valence-electron chi connectivity index (χ2n) is 6.57. The van der Waals surface area contributed by atoms with E-state index in [1.54, 1.807) is 11.5 Å². The number of nitrogens with zero attached hydrogens (tertiary/aromatic N) is 5. The summed E-state index contributed by atoms with van der Waals surface area (Å²) in [7, 11) is -3.77. The molecule has 3 rings (SSSR count). The summed E-state index contributed by atoms with van der Waals surface area (Å²) in [6, 6.07) is 0. The Morgan fingerprint density at radius 3 is 2.83 bits per heavy atom. The van der Waals surface area contributed by atoms with Crippen molar-refractivity contribution in [2.75, 3.05) is 13.1 Å². The number of aliphatic hydroxyl groups is 1. The van der Waals surface area contributed by atoms with Gasteiger partial charge in [0.2, 0.25) is 0 Å². The first-order valence-corrected chi connectivity index (χ1v) is 9.20. The van der Waals surface area contributed by atoms with Crippen molar-refractivity contribution in [3.63, 3.8) is 0 Å². The van der Waals surface area contributed by atoms with Crippen LogP contribution in [0.25, 0.3) is 0 Å². The molecule has 0 spiro atoms. The molecule has 24 heavy (non-hydrogen) atoms. The van der Waals surface area contributed by atoms with Crippen LogP contribution in [0, 0.1) is 12.8 Å². The molecule has 1 aliphatic rings. The molecule has 1 N–H and O–H groups in total. The summed E-state index contributed by atoms with van der Waals surface area (Å²) in [5.74, 6) is 0.822. The molecular weight excluding hydrogens is 334 g/mol. The second-order valence-corrected chi connectivity index (χ2v) is 8.45. The van der Waals surface area contributed by atoms with Crippen molar-refractivity contribution in [3.8, 4) is 0 Å². The van der Waals surface area contributed by atoms with Gasteiger partial charge in [-0.1, -0.05) is 19.0 Å². The fourth-order valence-corrected chi connectivity index (χ4v) is 4.18. The molecule has 3 heterocycles. The zero-order valence-corrected chi connectivity index (χ0v) is 14.7. The molecule has 0 amide bonds. The highest BCUT2D eigenvalue weighted by molar-refractivity contribution is 7.89. The molecule has 0 aliphatic carbocycles. The lowest BCUT2D eigenvalue weighted by atomic mass is 10.0. The molecule has 1 atom stereocenters. The Labute approximate surface area is 140 Å². The first-order valence-electron chi connectivity index (χ1n) is 7.76. The van der Waals surface area contributed by atoms with E-state index in [-0.39, 0.29) is 30.4 Å². The summed E-state index contributed by atoms with van der Waals surface area (Å²) < 4.78 is 33.4. The fraction of sp³-hybridized carbons (Fsp3) is 0.643. The highest BCUT2D eigenvalue weighted by Gasteiger charge is 2.47. The van der Waals surface area contributed by atoms with Crippen LogP contribution >= 0.6 is 0 Å². The number of β-amino-alcohol motifs (C(OH)–C–C–N with tert-alkyl or cyclic N) is 1. The Morgan fingerprint density at radius 1 is 1.46 bits per heavy atom. The van der Waals surface area contributed by atoms with Gasteiger partial charge < -0.3 is 14.2 Å². The average molecular weight is 355 g/mol. The van der Waals surface area contributed by atoms with Crippen LogP contribution in [0.15, 0.2) is 22.1 Å². The van der Waals surface area contributed by atoms with Crippen molar-refractivity contribution in [3.05, 3.63) is 24.2 Å². The molecule has 2 aromatic heterocycles. The molecule has 0 bridgehead atoms. The Bertz CT molecular complexity index is 828. The zero-order chi connectivity index (χ0) is 17.5. The van der Waals surface area contributed by atoms with Gasteiger partial charge in [-0.25, -0.2) is 13.4 Å². The van der Waals surface area contributed by atoms with Crippen LogP contribution in [0.1, 0.15) is 32.0 Å². The third-order valence-corrected chi connectivity index (χ3v) is 5.66. The van der Waals surface area contributed by atoms with Gasteiger partial charge in [0.1, 0.15) is 0 Å². The van der Waals surface area contributed by atoms with Crippen LogP contribution in [0.2, 0.25) is 0 Å². The van der Waals surface area contributed by atoms with Crippen molar-refractivity contribution >= 4 is 10.0 Å². The Kier molecular flexibility index (Phi) is 4.22. The van der Waals surface area contributed by atoms with Gasteiger partial charge in [0.15, 0.2) is 16.5 Å². The van der Waals surface area contributed by atoms with E-state index in [4.69, 9.17) is 4.52 Å². The van der Waals surface area contributed by atoms with Gasteiger partial charge in [-0.15, -0.1) is 0 Å². The van der Waals surface area contributed by atoms with E-state index in [1.807, 2.05) is 13.8 Å². The lowest BCUT2D eigenvalue weighted by Crippen LogP contribution is -2.34. The minimum absolute atomic E-state index is 0.0193. The largest absolute Gasteiger partial charge is 0.379 e. The lowest BCUT2D eigenvalue weighted by molar-refractivity contribution is 0.0194. The van der Waals surface area contributed by atoms with Crippen molar-refractivity contribution < 1.29 is 18.0 Å². The van der Waals surface area contributed by atoms with Crippen LogP contribution in [-0.4, -0.2) is 50.6 Å². The minimum Gasteiger partial charge on any atom is -0.379 e. The normalized spacial score (nSPS) is 22.5. The van der Waals surface area contributed by atoms with E-state index in [0.717, 1.165) is 0 Å². The number of aryl methyl sites for hydroxylation is 1. The first kappa shape index (κ1) is 17.1. The summed E-state index contributed by atoms with van der Waals surface area (Å²) >= 11 is 0. The monoisotopic (exact) mass is 355 g/mol. The molecule has 2 aromatic rings. The standard InChI is InChI=1S/C14H21N5O4S/c1-10(2)6-18-7-12(15-9-18)24(21,22)19-5-4-14(20,8-19)13-16-11(3)17-23-13/h7,9-10,20H,4-6,8H2,1-3H3/t14-/m1/s1. The fourth-order valence-electron chi connectivity index (χ4n) is 2.75. The maximum atomic E-state index is 12.7. The number of hydrogen-bond acceptors (Lipinski definition) is 7. The van der Waals surface area contributed by atoms with Gasteiger partial charge in [0.25, 0.3) is 15.9 Å². The smallest absolute Gasteiger partial charge is 0.262 e. The average Bonchev–Trinajstić information content (AvgIpc) is 3.19. The predicted octanol–water partition coefficient (Wildman–Crippen LogP) is 0.513. The SMILES string of the molecule is Cc1noc([C@@]2(O)CCN(S(=O)(=O)c3cn(CC(C)C)cn3)C2)n1. The van der Waals surface area contributed by atoms with Gasteiger partial charge in [-0.05, 0) is 12.8 Å². The highest BCUT2D eigenvalue weighted by Crippen LogP contribution is 2.33. The van der Waals surface area contributed by atoms with Crippen LogP contribution in [-0.2, 0) is 22.2 Å². The number of sulfonamides is 1. The lowest BCUT2D eigenvalue weighted by Gasteiger charge is -2.18. The molecule has 0 saturated carbocycles. The van der Waals surface area contributed by atoms with E-state index >= 15 is 0 Å². The molecule has 9 nitrogen and oxygen atoms in total. The van der Waals surface area contributed by atoms with Crippen molar-refractivity contribution in [1.82, 2.24) is 24.0 Å². The predicted molar refractivity (Wildman–Crippen MR) is 83.4 cm³/mol. The number of rotatable bonds is 5. The van der Waals surface area contributed by atoms with Gasteiger partial charge in [0, 0.05) is 25.7 Å². The zero-order valence-electron chi connectivity index (χ0n) is 13.9. The van der Waals surface area contributed by atoms with Gasteiger partial charge in [-0.2, -0.15) is 9.29 Å². The number of imidazole rings is 1. The highest BCUT2D eigenvalue weighted by atomic mass is 32.2. The van der Waals surface area contributed by atoms with E-state index < -0.39 is 15.6 Å². The molecule has 1 fully saturated rings. The van der Waals surface area contributed by atoms with E-state index in [1.165, 1.54) is 16.8 Å². The molecular formula is C14H21N5O4S. The summed E-state index contributed by atoms with van der Waals surface area (Å²) in [5.41, 5.74) is -1.46. The quantitative estimate of drug-likeness (QED) is 0.831. The third-order valence-electron chi connectivity index (χ3n) is 3.93. The van der Waals surface area contributed by atoms with Gasteiger partial charge in [0.05, 0.1) is 12.9 Å². The van der Waals surface area contributed by atoms with E-state index in [0.29, 0.717) is 18.3 Å².